The zero-order chi connectivity index (χ0) is 25.3. The van der Waals surface area contributed by atoms with Gasteiger partial charge in [0.2, 0.25) is 5.91 Å². The van der Waals surface area contributed by atoms with Crippen molar-refractivity contribution in [3.8, 4) is 0 Å². The molecule has 3 N–H and O–H groups in total. The van der Waals surface area contributed by atoms with Gasteiger partial charge in [-0.2, -0.15) is 0 Å². The van der Waals surface area contributed by atoms with E-state index in [1.54, 1.807) is 0 Å². The molecule has 0 aromatic heterocycles. The molecule has 0 aliphatic heterocycles. The summed E-state index contributed by atoms with van der Waals surface area (Å²) in [6.45, 7) is 10.1. The Labute approximate surface area is 206 Å². The maximum Gasteiger partial charge on any atom is 0.425 e. The predicted octanol–water partition coefficient (Wildman–Crippen LogP) is 3.53. The molecule has 4 aliphatic carbocycles. The molecule has 4 rings (SSSR count). The van der Waals surface area contributed by atoms with Gasteiger partial charge in [-0.25, -0.2) is 0 Å². The van der Waals surface area contributed by atoms with E-state index in [9.17, 15) is 15.0 Å². The average Bonchev–Trinajstić information content (AvgIpc) is 3.10. The van der Waals surface area contributed by atoms with Gasteiger partial charge < -0.3 is 15.5 Å². The van der Waals surface area contributed by atoms with Crippen LogP contribution in [0.4, 0.5) is 0 Å². The van der Waals surface area contributed by atoms with Crippen LogP contribution in [-0.2, 0) is 15.4 Å². The van der Waals surface area contributed by atoms with Gasteiger partial charge in [0.1, 0.15) is 0 Å². The predicted molar refractivity (Wildman–Crippen MR) is 129 cm³/mol. The minimum Gasteiger partial charge on any atom is -0.393 e. The van der Waals surface area contributed by atoms with E-state index in [0.717, 1.165) is 32.1 Å². The zero-order valence-electron chi connectivity index (χ0n) is 21.3. The summed E-state index contributed by atoms with van der Waals surface area (Å²) in [6, 6.07) is 0. The number of hydrogen-bond donors (Lipinski definition) is 3. The van der Waals surface area contributed by atoms with Crippen LogP contribution in [0.5, 0.6) is 0 Å². The normalized spacial score (nSPS) is 43.9. The molecule has 8 heteroatoms. The third-order valence-electron chi connectivity index (χ3n) is 10.6. The lowest BCUT2D eigenvalue weighted by Gasteiger charge is -2.62. The van der Waals surface area contributed by atoms with Crippen molar-refractivity contribution < 1.29 is 27.6 Å². The van der Waals surface area contributed by atoms with E-state index in [0.29, 0.717) is 59.3 Å². The Morgan fingerprint density at radius 2 is 1.62 bits per heavy atom. The standard InChI is InChI=1S/C26H45NO3.O3S/c1-5-27-23(30)9-6-16(2)19-7-8-20-24-21(11-13-26(19,20)4)25(3)12-10-18(28)14-17(25)15-22(24)29;1-4(2)3/h16-22,24,28-29H,5-15H2,1-4H3,(H,27,30);/t16-,17+,18-,19-,20+,21+,22+,24+,25+,26-;/m1./s1. The van der Waals surface area contributed by atoms with E-state index >= 15 is 0 Å². The Balaban J connectivity index is 0.000000751. The summed E-state index contributed by atoms with van der Waals surface area (Å²) in [5, 5.41) is 24.5. The van der Waals surface area contributed by atoms with E-state index in [1.807, 2.05) is 6.92 Å². The number of hydrogen-bond acceptors (Lipinski definition) is 6. The summed E-state index contributed by atoms with van der Waals surface area (Å²) < 4.78 is 25.3. The van der Waals surface area contributed by atoms with Crippen molar-refractivity contribution in [3.05, 3.63) is 0 Å². The van der Waals surface area contributed by atoms with Crippen LogP contribution in [0.15, 0.2) is 0 Å². The van der Waals surface area contributed by atoms with Crippen LogP contribution in [0.25, 0.3) is 0 Å². The molecule has 0 saturated heterocycles. The quantitative estimate of drug-likeness (QED) is 0.532. The van der Waals surface area contributed by atoms with Gasteiger partial charge in [0.25, 0.3) is 0 Å². The fourth-order valence-corrected chi connectivity index (χ4v) is 9.02. The van der Waals surface area contributed by atoms with Crippen molar-refractivity contribution in [2.75, 3.05) is 6.54 Å². The summed E-state index contributed by atoms with van der Waals surface area (Å²) in [5.74, 6) is 3.57. The maximum atomic E-state index is 12.0. The van der Waals surface area contributed by atoms with Crippen molar-refractivity contribution in [2.45, 2.75) is 104 Å². The Morgan fingerprint density at radius 3 is 2.26 bits per heavy atom. The number of fused-ring (bicyclic) bond motifs is 5. The highest BCUT2D eigenvalue weighted by Crippen LogP contribution is 2.68. The second kappa shape index (κ2) is 11.0. The summed E-state index contributed by atoms with van der Waals surface area (Å²) in [4.78, 5) is 12.0. The van der Waals surface area contributed by atoms with E-state index < -0.39 is 10.6 Å². The summed E-state index contributed by atoms with van der Waals surface area (Å²) in [5.41, 5.74) is 0.604. The summed E-state index contributed by atoms with van der Waals surface area (Å²) >= 11 is 0. The van der Waals surface area contributed by atoms with Gasteiger partial charge in [-0.1, -0.05) is 20.8 Å². The third kappa shape index (κ3) is 5.39. The van der Waals surface area contributed by atoms with Crippen LogP contribution < -0.4 is 5.32 Å². The van der Waals surface area contributed by atoms with Crippen molar-refractivity contribution in [2.24, 2.45) is 46.3 Å². The summed E-state index contributed by atoms with van der Waals surface area (Å²) in [7, 11) is -3.11. The number of carbonyl (C=O) groups excluding carboxylic acids is 1. The van der Waals surface area contributed by atoms with Gasteiger partial charge in [0.05, 0.1) is 12.2 Å². The topological polar surface area (TPSA) is 121 Å². The summed E-state index contributed by atoms with van der Waals surface area (Å²) in [6.07, 6.45) is 10.1. The highest BCUT2D eigenvalue weighted by atomic mass is 32.2. The van der Waals surface area contributed by atoms with Gasteiger partial charge in [0.15, 0.2) is 0 Å². The number of carbonyl (C=O) groups is 1. The second-order valence-electron chi connectivity index (χ2n) is 12.1. The maximum absolute atomic E-state index is 12.0. The Kier molecular flexibility index (Phi) is 8.89. The average molecular weight is 500 g/mol. The fraction of sp³-hybridized carbons (Fsp3) is 0.962. The number of aliphatic hydroxyl groups is 2. The van der Waals surface area contributed by atoms with E-state index in [-0.39, 0.29) is 18.1 Å². The first-order chi connectivity index (χ1) is 15.9. The van der Waals surface area contributed by atoms with Crippen LogP contribution in [0, 0.1) is 46.3 Å². The molecule has 0 aromatic rings. The van der Waals surface area contributed by atoms with E-state index in [4.69, 9.17) is 12.6 Å². The molecule has 4 saturated carbocycles. The second-order valence-corrected chi connectivity index (χ2v) is 12.5. The number of aliphatic hydroxyl groups excluding tert-OH is 2. The molecule has 34 heavy (non-hydrogen) atoms. The van der Waals surface area contributed by atoms with Crippen LogP contribution in [0.2, 0.25) is 0 Å². The molecule has 0 spiro atoms. The van der Waals surface area contributed by atoms with Gasteiger partial charge in [-0.15, -0.1) is 12.6 Å². The SMILES string of the molecule is CCNC(=O)CC[C@@H](C)[C@H]1CC[C@H]2[C@@H]3[C@@H](O)C[C@@H]4C[C@H](O)CC[C@]4(C)[C@H]3CC[C@]12C.O=S(=O)=O. The van der Waals surface area contributed by atoms with Gasteiger partial charge >= 0.3 is 10.6 Å². The first-order valence-corrected chi connectivity index (χ1v) is 14.3. The third-order valence-corrected chi connectivity index (χ3v) is 10.6. The molecule has 0 aromatic carbocycles. The van der Waals surface area contributed by atoms with Crippen LogP contribution in [0.1, 0.15) is 91.9 Å². The van der Waals surface area contributed by atoms with E-state index in [2.05, 4.69) is 26.1 Å². The molecular weight excluding hydrogens is 454 g/mol. The Morgan fingerprint density at radius 1 is 1.00 bits per heavy atom. The number of nitrogens with one attached hydrogen (secondary N) is 1. The van der Waals surface area contributed by atoms with Crippen molar-refractivity contribution in [3.63, 3.8) is 0 Å². The minimum atomic E-state index is -3.11. The fourth-order valence-electron chi connectivity index (χ4n) is 9.02. The molecule has 1 amide bonds. The van der Waals surface area contributed by atoms with Gasteiger partial charge in [-0.05, 0) is 111 Å². The highest BCUT2D eigenvalue weighted by molar-refractivity contribution is 7.59. The largest absolute Gasteiger partial charge is 0.425 e. The molecule has 7 nitrogen and oxygen atoms in total. The van der Waals surface area contributed by atoms with E-state index in [1.165, 1.54) is 25.7 Å². The van der Waals surface area contributed by atoms with Crippen molar-refractivity contribution >= 4 is 16.5 Å². The van der Waals surface area contributed by atoms with Crippen molar-refractivity contribution in [1.82, 2.24) is 5.32 Å². The molecule has 0 bridgehead atoms. The minimum absolute atomic E-state index is 0.165. The van der Waals surface area contributed by atoms with Crippen molar-refractivity contribution in [1.29, 1.82) is 0 Å². The number of rotatable bonds is 5. The van der Waals surface area contributed by atoms with Crippen LogP contribution >= 0.6 is 0 Å². The molecule has 196 valence electrons. The molecular formula is C26H45NO6S. The zero-order valence-corrected chi connectivity index (χ0v) is 22.1. The lowest BCUT2D eigenvalue weighted by Crippen LogP contribution is -2.58. The van der Waals surface area contributed by atoms with Crippen LogP contribution in [-0.4, -0.2) is 47.5 Å². The van der Waals surface area contributed by atoms with Crippen LogP contribution in [0.3, 0.4) is 0 Å². The lowest BCUT2D eigenvalue weighted by atomic mass is 9.43. The molecule has 0 heterocycles. The molecule has 4 fully saturated rings. The number of amides is 1. The molecule has 4 aliphatic rings. The Hall–Kier alpha value is -0.990. The highest BCUT2D eigenvalue weighted by Gasteiger charge is 2.62. The molecule has 0 unspecified atom stereocenters. The van der Waals surface area contributed by atoms with Gasteiger partial charge in [0, 0.05) is 13.0 Å². The first-order valence-electron chi connectivity index (χ1n) is 13.3. The Bertz CT molecular complexity index is 826. The molecule has 0 radical (unpaired) electrons. The smallest absolute Gasteiger partial charge is 0.393 e. The van der Waals surface area contributed by atoms with Gasteiger partial charge in [-0.3, -0.25) is 4.79 Å². The molecule has 10 atom stereocenters. The first kappa shape index (κ1) is 27.6. The lowest BCUT2D eigenvalue weighted by molar-refractivity contribution is -0.174. The monoisotopic (exact) mass is 499 g/mol.